The zero-order chi connectivity index (χ0) is 10.8. The second kappa shape index (κ2) is 3.98. The van der Waals surface area contributed by atoms with Gasteiger partial charge in [-0.2, -0.15) is 11.3 Å². The lowest BCUT2D eigenvalue weighted by molar-refractivity contribution is 0.940. The van der Waals surface area contributed by atoms with Crippen molar-refractivity contribution in [3.8, 4) is 11.3 Å². The summed E-state index contributed by atoms with van der Waals surface area (Å²) in [5.41, 5.74) is 8.90. The maximum atomic E-state index is 5.86. The van der Waals surface area contributed by atoms with Crippen molar-refractivity contribution in [2.45, 2.75) is 20.3 Å². The molecule has 4 heteroatoms. The number of nitrogens with zero attached hydrogens (tertiary/aromatic N) is 2. The summed E-state index contributed by atoms with van der Waals surface area (Å²) in [6.07, 6.45) is 0.807. The standard InChI is InChI=1S/C11H13N3S/c1-3-9-13-10(7(2)11(12)14-9)8-4-5-15-6-8/h4-6H,3H2,1-2H3,(H2,12,13,14). The van der Waals surface area contributed by atoms with Crippen molar-refractivity contribution in [1.29, 1.82) is 0 Å². The third-order valence-electron chi connectivity index (χ3n) is 2.34. The topological polar surface area (TPSA) is 51.8 Å². The maximum absolute atomic E-state index is 5.86. The number of aromatic nitrogens is 2. The SMILES string of the molecule is CCc1nc(N)c(C)c(-c2ccsc2)n1. The molecule has 0 saturated heterocycles. The van der Waals surface area contributed by atoms with Crippen LogP contribution < -0.4 is 5.73 Å². The summed E-state index contributed by atoms with van der Waals surface area (Å²) < 4.78 is 0. The van der Waals surface area contributed by atoms with E-state index in [-0.39, 0.29) is 0 Å². The summed E-state index contributed by atoms with van der Waals surface area (Å²) in [4.78, 5) is 8.74. The Bertz CT molecular complexity index is 463. The van der Waals surface area contributed by atoms with Crippen molar-refractivity contribution in [2.75, 3.05) is 5.73 Å². The summed E-state index contributed by atoms with van der Waals surface area (Å²) in [5, 5.41) is 4.12. The van der Waals surface area contributed by atoms with Crippen molar-refractivity contribution in [2.24, 2.45) is 0 Å². The van der Waals surface area contributed by atoms with E-state index in [9.17, 15) is 0 Å². The first-order chi connectivity index (χ1) is 7.22. The van der Waals surface area contributed by atoms with Crippen LogP contribution in [0.2, 0.25) is 0 Å². The average molecular weight is 219 g/mol. The van der Waals surface area contributed by atoms with Crippen molar-refractivity contribution >= 4 is 17.2 Å². The van der Waals surface area contributed by atoms with Crippen LogP contribution in [0.25, 0.3) is 11.3 Å². The van der Waals surface area contributed by atoms with Gasteiger partial charge in [-0.05, 0) is 18.4 Å². The summed E-state index contributed by atoms with van der Waals surface area (Å²) >= 11 is 1.66. The molecule has 0 unspecified atom stereocenters. The van der Waals surface area contributed by atoms with E-state index in [2.05, 4.69) is 21.4 Å². The molecule has 2 rings (SSSR count). The normalized spacial score (nSPS) is 10.5. The van der Waals surface area contributed by atoms with Crippen LogP contribution in [-0.4, -0.2) is 9.97 Å². The molecule has 3 nitrogen and oxygen atoms in total. The molecule has 2 aromatic heterocycles. The van der Waals surface area contributed by atoms with Crippen LogP contribution in [0.15, 0.2) is 16.8 Å². The van der Waals surface area contributed by atoms with E-state index in [1.165, 1.54) is 0 Å². The smallest absolute Gasteiger partial charge is 0.131 e. The lowest BCUT2D eigenvalue weighted by Crippen LogP contribution is -2.03. The molecule has 15 heavy (non-hydrogen) atoms. The first kappa shape index (κ1) is 10.1. The van der Waals surface area contributed by atoms with Gasteiger partial charge in [0.15, 0.2) is 0 Å². The summed E-state index contributed by atoms with van der Waals surface area (Å²) in [7, 11) is 0. The molecule has 0 atom stereocenters. The number of nitrogens with two attached hydrogens (primary N) is 1. The third-order valence-corrected chi connectivity index (χ3v) is 3.02. The highest BCUT2D eigenvalue weighted by molar-refractivity contribution is 7.08. The predicted molar refractivity (Wildman–Crippen MR) is 63.9 cm³/mol. The van der Waals surface area contributed by atoms with Gasteiger partial charge >= 0.3 is 0 Å². The summed E-state index contributed by atoms with van der Waals surface area (Å²) in [6, 6.07) is 2.05. The van der Waals surface area contributed by atoms with Crippen molar-refractivity contribution < 1.29 is 0 Å². The van der Waals surface area contributed by atoms with E-state index in [4.69, 9.17) is 5.73 Å². The van der Waals surface area contributed by atoms with E-state index in [1.54, 1.807) is 11.3 Å². The Hall–Kier alpha value is -1.42. The molecular weight excluding hydrogens is 206 g/mol. The molecule has 0 fully saturated rings. The zero-order valence-electron chi connectivity index (χ0n) is 8.82. The van der Waals surface area contributed by atoms with Crippen molar-refractivity contribution in [1.82, 2.24) is 9.97 Å². The van der Waals surface area contributed by atoms with Gasteiger partial charge < -0.3 is 5.73 Å². The second-order valence-corrected chi connectivity index (χ2v) is 4.14. The van der Waals surface area contributed by atoms with Gasteiger partial charge in [0.2, 0.25) is 0 Å². The van der Waals surface area contributed by atoms with Crippen LogP contribution in [0.1, 0.15) is 18.3 Å². The van der Waals surface area contributed by atoms with Crippen LogP contribution >= 0.6 is 11.3 Å². The molecule has 78 valence electrons. The fourth-order valence-electron chi connectivity index (χ4n) is 1.42. The number of nitrogen functional groups attached to an aromatic ring is 1. The molecule has 0 bridgehead atoms. The fraction of sp³-hybridized carbons (Fsp3) is 0.273. The van der Waals surface area contributed by atoms with E-state index in [1.807, 2.05) is 19.2 Å². The fourth-order valence-corrected chi connectivity index (χ4v) is 2.06. The summed E-state index contributed by atoms with van der Waals surface area (Å²) in [6.45, 7) is 3.99. The highest BCUT2D eigenvalue weighted by atomic mass is 32.1. The minimum Gasteiger partial charge on any atom is -0.383 e. The molecule has 0 aliphatic carbocycles. The van der Waals surface area contributed by atoms with Crippen molar-refractivity contribution in [3.05, 3.63) is 28.2 Å². The van der Waals surface area contributed by atoms with Gasteiger partial charge in [0.05, 0.1) is 5.69 Å². The van der Waals surface area contributed by atoms with Gasteiger partial charge in [-0.3, -0.25) is 0 Å². The highest BCUT2D eigenvalue weighted by Gasteiger charge is 2.09. The van der Waals surface area contributed by atoms with Crippen molar-refractivity contribution in [3.63, 3.8) is 0 Å². The van der Waals surface area contributed by atoms with Crippen LogP contribution in [0.5, 0.6) is 0 Å². The van der Waals surface area contributed by atoms with Crippen LogP contribution in [-0.2, 0) is 6.42 Å². The third kappa shape index (κ3) is 1.85. The largest absolute Gasteiger partial charge is 0.383 e. The molecule has 0 saturated carbocycles. The Morgan fingerprint density at radius 1 is 1.40 bits per heavy atom. The molecule has 2 heterocycles. The Kier molecular flexibility index (Phi) is 2.68. The molecule has 0 radical (unpaired) electrons. The molecule has 0 aromatic carbocycles. The van der Waals surface area contributed by atoms with E-state index < -0.39 is 0 Å². The number of aryl methyl sites for hydroxylation is 1. The number of rotatable bonds is 2. The molecule has 0 amide bonds. The Morgan fingerprint density at radius 2 is 2.20 bits per heavy atom. The number of hydrogen-bond acceptors (Lipinski definition) is 4. The maximum Gasteiger partial charge on any atom is 0.131 e. The monoisotopic (exact) mass is 219 g/mol. The zero-order valence-corrected chi connectivity index (χ0v) is 9.64. The van der Waals surface area contributed by atoms with Crippen LogP contribution in [0.3, 0.4) is 0 Å². The van der Waals surface area contributed by atoms with Gasteiger partial charge in [0.25, 0.3) is 0 Å². The second-order valence-electron chi connectivity index (χ2n) is 3.36. The quantitative estimate of drug-likeness (QED) is 0.844. The first-order valence-electron chi connectivity index (χ1n) is 4.88. The number of thiophene rings is 1. The van der Waals surface area contributed by atoms with Gasteiger partial charge in [-0.25, -0.2) is 9.97 Å². The molecule has 2 N–H and O–H groups in total. The van der Waals surface area contributed by atoms with Crippen LogP contribution in [0.4, 0.5) is 5.82 Å². The molecule has 2 aromatic rings. The van der Waals surface area contributed by atoms with E-state index >= 15 is 0 Å². The van der Waals surface area contributed by atoms with Gasteiger partial charge in [-0.15, -0.1) is 0 Å². The van der Waals surface area contributed by atoms with E-state index in [0.29, 0.717) is 5.82 Å². The predicted octanol–water partition coefficient (Wildman–Crippen LogP) is 2.66. The molecular formula is C11H13N3S. The Balaban J connectivity index is 2.60. The number of anilines is 1. The minimum atomic E-state index is 0.586. The Labute approximate surface area is 93.0 Å². The van der Waals surface area contributed by atoms with Gasteiger partial charge in [-0.1, -0.05) is 6.92 Å². The highest BCUT2D eigenvalue weighted by Crippen LogP contribution is 2.26. The summed E-state index contributed by atoms with van der Waals surface area (Å²) in [5.74, 6) is 1.39. The minimum absolute atomic E-state index is 0.586. The molecule has 0 aliphatic heterocycles. The first-order valence-corrected chi connectivity index (χ1v) is 5.82. The Morgan fingerprint density at radius 3 is 2.80 bits per heavy atom. The van der Waals surface area contributed by atoms with Gasteiger partial charge in [0, 0.05) is 22.9 Å². The lowest BCUT2D eigenvalue weighted by atomic mass is 10.1. The molecule has 0 spiro atoms. The van der Waals surface area contributed by atoms with E-state index in [0.717, 1.165) is 29.1 Å². The van der Waals surface area contributed by atoms with Gasteiger partial charge in [0.1, 0.15) is 11.6 Å². The average Bonchev–Trinajstić information content (AvgIpc) is 2.75. The number of hydrogen-bond donors (Lipinski definition) is 1. The van der Waals surface area contributed by atoms with Crippen LogP contribution in [0, 0.1) is 6.92 Å². The lowest BCUT2D eigenvalue weighted by Gasteiger charge is -2.07. The molecule has 0 aliphatic rings.